The van der Waals surface area contributed by atoms with E-state index < -0.39 is 0 Å². The van der Waals surface area contributed by atoms with Gasteiger partial charge in [-0.15, -0.1) is 0 Å². The molecule has 3 heteroatoms. The minimum absolute atomic E-state index is 0.193. The van der Waals surface area contributed by atoms with Crippen molar-refractivity contribution in [2.24, 2.45) is 5.41 Å². The Labute approximate surface area is 105 Å². The summed E-state index contributed by atoms with van der Waals surface area (Å²) in [6.45, 7) is 8.35. The molecule has 2 fully saturated rings. The van der Waals surface area contributed by atoms with Gasteiger partial charge in [0.05, 0.1) is 0 Å². The number of hydrogen-bond donors (Lipinski definition) is 1. The molecule has 1 amide bonds. The molecule has 0 bridgehead atoms. The highest BCUT2D eigenvalue weighted by Crippen LogP contribution is 2.31. The maximum absolute atomic E-state index is 12.6. The van der Waals surface area contributed by atoms with Gasteiger partial charge in [-0.1, -0.05) is 20.8 Å². The van der Waals surface area contributed by atoms with Crippen molar-refractivity contribution in [2.75, 3.05) is 13.1 Å². The second-order valence-electron chi connectivity index (χ2n) is 6.15. The standard InChI is InChI=1S/C14H26N2O/c1-4-14(2,3)13(17)16-10-6-8-12(16)11-7-5-9-15-11/h11-12,15H,4-10H2,1-3H3. The summed E-state index contributed by atoms with van der Waals surface area (Å²) in [5.74, 6) is 0.358. The number of rotatable bonds is 3. The Bertz CT molecular complexity index is 282. The molecule has 1 N–H and O–H groups in total. The van der Waals surface area contributed by atoms with Crippen LogP contribution in [0.5, 0.6) is 0 Å². The van der Waals surface area contributed by atoms with Crippen molar-refractivity contribution in [3.05, 3.63) is 0 Å². The topological polar surface area (TPSA) is 32.3 Å². The zero-order valence-corrected chi connectivity index (χ0v) is 11.5. The van der Waals surface area contributed by atoms with Crippen LogP contribution in [0.2, 0.25) is 0 Å². The quantitative estimate of drug-likeness (QED) is 0.817. The Morgan fingerprint density at radius 3 is 2.71 bits per heavy atom. The largest absolute Gasteiger partial charge is 0.338 e. The fourth-order valence-corrected chi connectivity index (χ4v) is 3.04. The third kappa shape index (κ3) is 2.49. The molecule has 2 rings (SSSR count). The summed E-state index contributed by atoms with van der Waals surface area (Å²) >= 11 is 0. The van der Waals surface area contributed by atoms with Crippen molar-refractivity contribution in [2.45, 2.75) is 65.0 Å². The predicted octanol–water partition coefficient (Wildman–Crippen LogP) is 2.17. The molecule has 2 atom stereocenters. The number of carbonyl (C=O) groups is 1. The van der Waals surface area contributed by atoms with Crippen LogP contribution in [0, 0.1) is 5.41 Å². The Kier molecular flexibility index (Phi) is 3.76. The molecule has 0 aromatic carbocycles. The molecular formula is C14H26N2O. The first-order valence-corrected chi connectivity index (χ1v) is 7.10. The van der Waals surface area contributed by atoms with Crippen LogP contribution >= 0.6 is 0 Å². The van der Waals surface area contributed by atoms with E-state index in [1.165, 1.54) is 25.7 Å². The van der Waals surface area contributed by atoms with Gasteiger partial charge in [-0.25, -0.2) is 0 Å². The fourth-order valence-electron chi connectivity index (χ4n) is 3.04. The molecule has 0 spiro atoms. The van der Waals surface area contributed by atoms with E-state index in [1.54, 1.807) is 0 Å². The highest BCUT2D eigenvalue weighted by Gasteiger charge is 2.40. The Balaban J connectivity index is 2.06. The number of nitrogens with one attached hydrogen (secondary N) is 1. The Morgan fingerprint density at radius 2 is 2.12 bits per heavy atom. The van der Waals surface area contributed by atoms with Gasteiger partial charge in [0.25, 0.3) is 0 Å². The van der Waals surface area contributed by atoms with Gasteiger partial charge in [-0.2, -0.15) is 0 Å². The average molecular weight is 238 g/mol. The zero-order chi connectivity index (χ0) is 12.5. The first-order valence-electron chi connectivity index (χ1n) is 7.10. The van der Waals surface area contributed by atoms with Crippen molar-refractivity contribution < 1.29 is 4.79 Å². The van der Waals surface area contributed by atoms with Crippen LogP contribution in [0.1, 0.15) is 52.9 Å². The van der Waals surface area contributed by atoms with E-state index in [2.05, 4.69) is 31.0 Å². The van der Waals surface area contributed by atoms with Crippen LogP contribution in [-0.2, 0) is 4.79 Å². The van der Waals surface area contributed by atoms with Crippen LogP contribution in [0.15, 0.2) is 0 Å². The van der Waals surface area contributed by atoms with Crippen LogP contribution < -0.4 is 5.32 Å². The SMILES string of the molecule is CCC(C)(C)C(=O)N1CCCC1C1CCCN1. The molecule has 3 nitrogen and oxygen atoms in total. The number of hydrogen-bond acceptors (Lipinski definition) is 2. The molecule has 2 saturated heterocycles. The lowest BCUT2D eigenvalue weighted by Gasteiger charge is -2.35. The lowest BCUT2D eigenvalue weighted by atomic mass is 9.88. The smallest absolute Gasteiger partial charge is 0.228 e. The Hall–Kier alpha value is -0.570. The van der Waals surface area contributed by atoms with E-state index in [0.29, 0.717) is 18.0 Å². The van der Waals surface area contributed by atoms with E-state index in [4.69, 9.17) is 0 Å². The van der Waals surface area contributed by atoms with E-state index in [9.17, 15) is 4.79 Å². The lowest BCUT2D eigenvalue weighted by molar-refractivity contribution is -0.141. The van der Waals surface area contributed by atoms with Gasteiger partial charge in [-0.05, 0) is 38.6 Å². The Morgan fingerprint density at radius 1 is 1.35 bits per heavy atom. The molecule has 2 aliphatic heterocycles. The van der Waals surface area contributed by atoms with E-state index in [1.807, 2.05) is 0 Å². The average Bonchev–Trinajstić information content (AvgIpc) is 2.97. The molecule has 0 radical (unpaired) electrons. The predicted molar refractivity (Wildman–Crippen MR) is 69.8 cm³/mol. The number of amides is 1. The van der Waals surface area contributed by atoms with Gasteiger partial charge in [0.15, 0.2) is 0 Å². The molecule has 2 heterocycles. The number of likely N-dealkylation sites (tertiary alicyclic amines) is 1. The fraction of sp³-hybridized carbons (Fsp3) is 0.929. The molecule has 2 aliphatic rings. The second kappa shape index (κ2) is 4.97. The first-order chi connectivity index (χ1) is 8.06. The molecule has 17 heavy (non-hydrogen) atoms. The highest BCUT2D eigenvalue weighted by atomic mass is 16.2. The molecule has 0 aromatic rings. The molecule has 98 valence electrons. The summed E-state index contributed by atoms with van der Waals surface area (Å²) < 4.78 is 0. The third-order valence-corrected chi connectivity index (χ3v) is 4.59. The summed E-state index contributed by atoms with van der Waals surface area (Å²) in [4.78, 5) is 14.7. The monoisotopic (exact) mass is 238 g/mol. The van der Waals surface area contributed by atoms with Crippen LogP contribution in [-0.4, -0.2) is 36.0 Å². The van der Waals surface area contributed by atoms with E-state index >= 15 is 0 Å². The second-order valence-corrected chi connectivity index (χ2v) is 6.15. The maximum Gasteiger partial charge on any atom is 0.228 e. The highest BCUT2D eigenvalue weighted by molar-refractivity contribution is 5.82. The number of carbonyl (C=O) groups excluding carboxylic acids is 1. The first kappa shape index (κ1) is 12.9. The summed E-state index contributed by atoms with van der Waals surface area (Å²) in [6.07, 6.45) is 5.78. The normalized spacial score (nSPS) is 29.9. The van der Waals surface area contributed by atoms with Crippen molar-refractivity contribution >= 4 is 5.91 Å². The van der Waals surface area contributed by atoms with Gasteiger partial charge in [0.2, 0.25) is 5.91 Å². The van der Waals surface area contributed by atoms with Gasteiger partial charge in [0, 0.05) is 24.0 Å². The van der Waals surface area contributed by atoms with Crippen molar-refractivity contribution in [1.82, 2.24) is 10.2 Å². The molecule has 0 saturated carbocycles. The molecule has 0 aromatic heterocycles. The maximum atomic E-state index is 12.6. The molecule has 0 aliphatic carbocycles. The zero-order valence-electron chi connectivity index (χ0n) is 11.5. The number of nitrogens with zero attached hydrogens (tertiary/aromatic N) is 1. The summed E-state index contributed by atoms with van der Waals surface area (Å²) in [5, 5.41) is 3.56. The van der Waals surface area contributed by atoms with Crippen molar-refractivity contribution in [3.8, 4) is 0 Å². The minimum atomic E-state index is -0.193. The van der Waals surface area contributed by atoms with E-state index in [-0.39, 0.29) is 5.41 Å². The molecular weight excluding hydrogens is 212 g/mol. The van der Waals surface area contributed by atoms with Crippen LogP contribution in [0.4, 0.5) is 0 Å². The van der Waals surface area contributed by atoms with Gasteiger partial charge in [-0.3, -0.25) is 4.79 Å². The van der Waals surface area contributed by atoms with Gasteiger partial charge >= 0.3 is 0 Å². The van der Waals surface area contributed by atoms with Crippen molar-refractivity contribution in [1.29, 1.82) is 0 Å². The lowest BCUT2D eigenvalue weighted by Crippen LogP contribution is -2.50. The van der Waals surface area contributed by atoms with Crippen LogP contribution in [0.3, 0.4) is 0 Å². The van der Waals surface area contributed by atoms with Gasteiger partial charge < -0.3 is 10.2 Å². The summed E-state index contributed by atoms with van der Waals surface area (Å²) in [6, 6.07) is 1.00. The molecule has 2 unspecified atom stereocenters. The third-order valence-electron chi connectivity index (χ3n) is 4.59. The minimum Gasteiger partial charge on any atom is -0.338 e. The summed E-state index contributed by atoms with van der Waals surface area (Å²) in [5.41, 5.74) is -0.193. The van der Waals surface area contributed by atoms with E-state index in [0.717, 1.165) is 19.5 Å². The van der Waals surface area contributed by atoms with Crippen LogP contribution in [0.25, 0.3) is 0 Å². The van der Waals surface area contributed by atoms with Crippen molar-refractivity contribution in [3.63, 3.8) is 0 Å². The summed E-state index contributed by atoms with van der Waals surface area (Å²) in [7, 11) is 0. The van der Waals surface area contributed by atoms with Gasteiger partial charge in [0.1, 0.15) is 0 Å².